The van der Waals surface area contributed by atoms with Gasteiger partial charge in [-0.2, -0.15) is 5.26 Å². The summed E-state index contributed by atoms with van der Waals surface area (Å²) in [5, 5.41) is 12.5. The van der Waals surface area contributed by atoms with Gasteiger partial charge in [0.2, 0.25) is 0 Å². The van der Waals surface area contributed by atoms with Gasteiger partial charge in [-0.25, -0.2) is 0 Å². The Labute approximate surface area is 126 Å². The van der Waals surface area contributed by atoms with Crippen LogP contribution in [-0.4, -0.2) is 11.6 Å². The monoisotopic (exact) mass is 299 g/mol. The van der Waals surface area contributed by atoms with Gasteiger partial charge in [-0.1, -0.05) is 0 Å². The molecule has 0 saturated heterocycles. The van der Waals surface area contributed by atoms with Crippen molar-refractivity contribution in [3.8, 4) is 6.07 Å². The van der Waals surface area contributed by atoms with Gasteiger partial charge in [0.25, 0.3) is 0 Å². The Morgan fingerprint density at radius 3 is 2.29 bits per heavy atom. The highest BCUT2D eigenvalue weighted by Gasteiger charge is 2.19. The average molecular weight is 299 g/mol. The van der Waals surface area contributed by atoms with E-state index in [-0.39, 0.29) is 17.1 Å². The summed E-state index contributed by atoms with van der Waals surface area (Å²) in [6.45, 7) is 2.92. The minimum absolute atomic E-state index is 0.0246. The molecule has 0 saturated carbocycles. The fourth-order valence-electron chi connectivity index (χ4n) is 1.86. The number of anilines is 3. The van der Waals surface area contributed by atoms with Crippen molar-refractivity contribution in [3.63, 3.8) is 0 Å². The van der Waals surface area contributed by atoms with Gasteiger partial charge in [-0.05, 0) is 31.2 Å². The number of nitriles is 1. The minimum Gasteiger partial charge on any atom is -0.389 e. The van der Waals surface area contributed by atoms with Crippen LogP contribution in [0, 0.1) is 11.3 Å². The van der Waals surface area contributed by atoms with Crippen molar-refractivity contribution in [1.82, 2.24) is 0 Å². The molecule has 3 N–H and O–H groups in total. The summed E-state index contributed by atoms with van der Waals surface area (Å²) < 4.78 is 0. The van der Waals surface area contributed by atoms with Crippen molar-refractivity contribution in [2.75, 3.05) is 11.1 Å². The average Bonchev–Trinajstić information content (AvgIpc) is 2.75. The zero-order valence-corrected chi connectivity index (χ0v) is 12.4. The zero-order valence-electron chi connectivity index (χ0n) is 11.6. The fourth-order valence-corrected chi connectivity index (χ4v) is 2.73. The molecule has 1 heterocycles. The summed E-state index contributed by atoms with van der Waals surface area (Å²) in [5.74, 6) is -0.181. The first-order valence-electron chi connectivity index (χ1n) is 6.15. The Hall–Kier alpha value is -2.65. The standard InChI is InChI=1S/C15H13N3O2S/c1-8(19)10-3-5-11(6-4-10)18-13-12(7-16)15(17)21-14(13)9(2)20/h3-6,18H,17H2,1-2H3. The number of nitrogens with one attached hydrogen (secondary N) is 1. The lowest BCUT2D eigenvalue weighted by atomic mass is 10.1. The van der Waals surface area contributed by atoms with Crippen molar-refractivity contribution in [1.29, 1.82) is 5.26 Å². The molecule has 21 heavy (non-hydrogen) atoms. The van der Waals surface area contributed by atoms with Gasteiger partial charge in [0.15, 0.2) is 11.6 Å². The Balaban J connectivity index is 2.41. The molecule has 0 aliphatic carbocycles. The van der Waals surface area contributed by atoms with Gasteiger partial charge >= 0.3 is 0 Å². The van der Waals surface area contributed by atoms with Gasteiger partial charge < -0.3 is 11.1 Å². The summed E-state index contributed by atoms with van der Waals surface area (Å²) in [7, 11) is 0. The van der Waals surface area contributed by atoms with Gasteiger partial charge in [0, 0.05) is 18.2 Å². The van der Waals surface area contributed by atoms with Gasteiger partial charge in [-0.3, -0.25) is 9.59 Å². The minimum atomic E-state index is -0.156. The van der Waals surface area contributed by atoms with Crippen molar-refractivity contribution in [3.05, 3.63) is 40.3 Å². The molecule has 6 heteroatoms. The Kier molecular flexibility index (Phi) is 4.05. The topological polar surface area (TPSA) is 96.0 Å². The normalized spacial score (nSPS) is 9.95. The van der Waals surface area contributed by atoms with Crippen LogP contribution in [0.2, 0.25) is 0 Å². The second-order valence-corrected chi connectivity index (χ2v) is 5.52. The molecular formula is C15H13N3O2S. The maximum absolute atomic E-state index is 11.6. The molecule has 0 aliphatic heterocycles. The smallest absolute Gasteiger partial charge is 0.171 e. The number of hydrogen-bond donors (Lipinski definition) is 2. The van der Waals surface area contributed by atoms with E-state index in [1.165, 1.54) is 13.8 Å². The number of Topliss-reactive ketones (excluding diaryl/α,β-unsaturated/α-hetero) is 2. The number of hydrogen-bond acceptors (Lipinski definition) is 6. The first-order valence-corrected chi connectivity index (χ1v) is 6.97. The van der Waals surface area contributed by atoms with E-state index in [1.807, 2.05) is 6.07 Å². The van der Waals surface area contributed by atoms with Crippen LogP contribution in [0.5, 0.6) is 0 Å². The van der Waals surface area contributed by atoms with E-state index >= 15 is 0 Å². The number of carbonyl (C=O) groups excluding carboxylic acids is 2. The van der Waals surface area contributed by atoms with Gasteiger partial charge in [0.05, 0.1) is 10.6 Å². The molecular weight excluding hydrogens is 286 g/mol. The number of benzene rings is 1. The molecule has 0 amide bonds. The van der Waals surface area contributed by atoms with E-state index in [9.17, 15) is 14.9 Å². The maximum Gasteiger partial charge on any atom is 0.171 e. The lowest BCUT2D eigenvalue weighted by Gasteiger charge is -2.07. The largest absolute Gasteiger partial charge is 0.389 e. The van der Waals surface area contributed by atoms with Crippen LogP contribution in [-0.2, 0) is 0 Å². The van der Waals surface area contributed by atoms with Crippen LogP contribution in [0.1, 0.15) is 39.4 Å². The third-order valence-corrected chi connectivity index (χ3v) is 4.05. The van der Waals surface area contributed by atoms with Crippen LogP contribution in [0.4, 0.5) is 16.4 Å². The summed E-state index contributed by atoms with van der Waals surface area (Å²) in [6, 6.07) is 8.80. The van der Waals surface area contributed by atoms with Crippen molar-refractivity contribution >= 4 is 39.3 Å². The summed E-state index contributed by atoms with van der Waals surface area (Å²) in [6.07, 6.45) is 0. The maximum atomic E-state index is 11.6. The van der Waals surface area contributed by atoms with Crippen LogP contribution in [0.15, 0.2) is 24.3 Å². The molecule has 0 atom stereocenters. The number of nitrogens with two attached hydrogens (primary N) is 1. The Morgan fingerprint density at radius 1 is 1.19 bits per heavy atom. The number of nitrogens with zero attached hydrogens (tertiary/aromatic N) is 1. The lowest BCUT2D eigenvalue weighted by molar-refractivity contribution is 0.101. The number of nitrogen functional groups attached to an aromatic ring is 1. The van der Waals surface area contributed by atoms with Crippen molar-refractivity contribution in [2.24, 2.45) is 0 Å². The molecule has 106 valence electrons. The summed E-state index contributed by atoms with van der Waals surface area (Å²) >= 11 is 1.09. The molecule has 1 aromatic heterocycles. The predicted octanol–water partition coefficient (Wildman–Crippen LogP) is 3.35. The van der Waals surface area contributed by atoms with E-state index in [0.717, 1.165) is 11.3 Å². The quantitative estimate of drug-likeness (QED) is 0.844. The van der Waals surface area contributed by atoms with E-state index in [0.29, 0.717) is 26.8 Å². The second-order valence-electron chi connectivity index (χ2n) is 4.47. The lowest BCUT2D eigenvalue weighted by Crippen LogP contribution is -1.99. The molecule has 0 unspecified atom stereocenters. The molecule has 0 spiro atoms. The van der Waals surface area contributed by atoms with Crippen LogP contribution in [0.25, 0.3) is 0 Å². The van der Waals surface area contributed by atoms with Crippen LogP contribution >= 0.6 is 11.3 Å². The summed E-state index contributed by atoms with van der Waals surface area (Å²) in [4.78, 5) is 23.3. The molecule has 5 nitrogen and oxygen atoms in total. The Morgan fingerprint density at radius 2 is 1.81 bits per heavy atom. The highest BCUT2D eigenvalue weighted by molar-refractivity contribution is 7.18. The van der Waals surface area contributed by atoms with Gasteiger partial charge in [-0.15, -0.1) is 11.3 Å². The molecule has 2 rings (SSSR count). The van der Waals surface area contributed by atoms with Crippen molar-refractivity contribution < 1.29 is 9.59 Å². The highest BCUT2D eigenvalue weighted by Crippen LogP contribution is 2.37. The molecule has 0 fully saturated rings. The molecule has 0 aliphatic rings. The van der Waals surface area contributed by atoms with Crippen LogP contribution in [0.3, 0.4) is 0 Å². The summed E-state index contributed by atoms with van der Waals surface area (Å²) in [5.41, 5.74) is 7.72. The van der Waals surface area contributed by atoms with E-state index in [4.69, 9.17) is 5.73 Å². The first-order chi connectivity index (χ1) is 9.93. The highest BCUT2D eigenvalue weighted by atomic mass is 32.1. The molecule has 2 aromatic rings. The molecule has 0 radical (unpaired) electrons. The third kappa shape index (κ3) is 2.93. The third-order valence-electron chi connectivity index (χ3n) is 2.93. The molecule has 0 bridgehead atoms. The molecule has 1 aromatic carbocycles. The van der Waals surface area contributed by atoms with E-state index < -0.39 is 0 Å². The SMILES string of the molecule is CC(=O)c1ccc(Nc2c(C(C)=O)sc(N)c2C#N)cc1. The zero-order chi connectivity index (χ0) is 15.6. The van der Waals surface area contributed by atoms with Crippen molar-refractivity contribution in [2.45, 2.75) is 13.8 Å². The first kappa shape index (κ1) is 14.8. The number of thiophene rings is 1. The van der Waals surface area contributed by atoms with E-state index in [2.05, 4.69) is 5.32 Å². The number of ketones is 2. The number of rotatable bonds is 4. The van der Waals surface area contributed by atoms with Gasteiger partial charge in [0.1, 0.15) is 16.6 Å². The van der Waals surface area contributed by atoms with Crippen LogP contribution < -0.4 is 11.1 Å². The fraction of sp³-hybridized carbons (Fsp3) is 0.133. The van der Waals surface area contributed by atoms with E-state index in [1.54, 1.807) is 24.3 Å². The second kappa shape index (κ2) is 5.77. The number of carbonyl (C=O) groups is 2. The predicted molar refractivity (Wildman–Crippen MR) is 83.2 cm³/mol. The Bertz CT molecular complexity index is 754.